The molecule has 0 fully saturated rings. The fourth-order valence-corrected chi connectivity index (χ4v) is 2.84. The number of amides is 1. The fourth-order valence-electron chi connectivity index (χ4n) is 2.84. The van der Waals surface area contributed by atoms with Gasteiger partial charge in [0.2, 0.25) is 0 Å². The van der Waals surface area contributed by atoms with Crippen LogP contribution in [-0.4, -0.2) is 15.7 Å². The van der Waals surface area contributed by atoms with Crippen LogP contribution in [0.1, 0.15) is 46.0 Å². The number of nitriles is 1. The van der Waals surface area contributed by atoms with E-state index in [1.807, 2.05) is 32.9 Å². The molecule has 0 saturated carbocycles. The standard InChI is InChI=1S/C19H19N5O2/c1-11-8-17(13(3)26-11)12(2)23-19(25)14-4-6-16(7-5-14)24-18(21)15(9-20)10-22-24/h4-8,10,12H,21H2,1-3H3,(H,23,25). The van der Waals surface area contributed by atoms with Crippen molar-refractivity contribution in [3.63, 3.8) is 0 Å². The highest BCUT2D eigenvalue weighted by Gasteiger charge is 2.16. The monoisotopic (exact) mass is 349 g/mol. The molecule has 1 amide bonds. The van der Waals surface area contributed by atoms with E-state index in [4.69, 9.17) is 15.4 Å². The number of nitrogen functional groups attached to an aromatic ring is 1. The summed E-state index contributed by atoms with van der Waals surface area (Å²) in [5.41, 5.74) is 8.34. The average Bonchev–Trinajstić information content (AvgIpc) is 3.16. The number of carbonyl (C=O) groups excluding carboxylic acids is 1. The minimum atomic E-state index is -0.187. The molecule has 7 nitrogen and oxygen atoms in total. The third-order valence-corrected chi connectivity index (χ3v) is 4.19. The van der Waals surface area contributed by atoms with Gasteiger partial charge in [-0.1, -0.05) is 0 Å². The number of furan rings is 1. The molecule has 0 aliphatic rings. The maximum absolute atomic E-state index is 12.5. The number of carbonyl (C=O) groups is 1. The van der Waals surface area contributed by atoms with E-state index in [0.717, 1.165) is 17.1 Å². The predicted molar refractivity (Wildman–Crippen MR) is 96.8 cm³/mol. The molecule has 132 valence electrons. The quantitative estimate of drug-likeness (QED) is 0.752. The number of aryl methyl sites for hydroxylation is 2. The third kappa shape index (κ3) is 3.17. The molecular weight excluding hydrogens is 330 g/mol. The van der Waals surface area contributed by atoms with Crippen LogP contribution >= 0.6 is 0 Å². The number of nitrogens with one attached hydrogen (secondary N) is 1. The van der Waals surface area contributed by atoms with Crippen LogP contribution in [0.25, 0.3) is 5.69 Å². The van der Waals surface area contributed by atoms with Gasteiger partial charge in [-0.15, -0.1) is 0 Å². The summed E-state index contributed by atoms with van der Waals surface area (Å²) in [5.74, 6) is 1.70. The number of anilines is 1. The van der Waals surface area contributed by atoms with E-state index in [1.54, 1.807) is 24.3 Å². The molecule has 3 aromatic rings. The Bertz CT molecular complexity index is 992. The second-order valence-electron chi connectivity index (χ2n) is 6.08. The highest BCUT2D eigenvalue weighted by molar-refractivity contribution is 5.94. The molecule has 2 aromatic heterocycles. The van der Waals surface area contributed by atoms with Crippen molar-refractivity contribution < 1.29 is 9.21 Å². The van der Waals surface area contributed by atoms with Gasteiger partial charge in [0.05, 0.1) is 17.9 Å². The summed E-state index contributed by atoms with van der Waals surface area (Å²) < 4.78 is 6.97. The molecule has 0 bridgehead atoms. The van der Waals surface area contributed by atoms with Crippen LogP contribution in [0.4, 0.5) is 5.82 Å². The summed E-state index contributed by atoms with van der Waals surface area (Å²) in [7, 11) is 0. The summed E-state index contributed by atoms with van der Waals surface area (Å²) in [6.07, 6.45) is 1.41. The van der Waals surface area contributed by atoms with Crippen molar-refractivity contribution >= 4 is 11.7 Å². The maximum Gasteiger partial charge on any atom is 0.251 e. The van der Waals surface area contributed by atoms with Gasteiger partial charge in [0.15, 0.2) is 0 Å². The minimum absolute atomic E-state index is 0.167. The zero-order chi connectivity index (χ0) is 18.8. The summed E-state index contributed by atoms with van der Waals surface area (Å²) in [6, 6.07) is 10.6. The van der Waals surface area contributed by atoms with Crippen molar-refractivity contribution in [2.45, 2.75) is 26.8 Å². The maximum atomic E-state index is 12.5. The van der Waals surface area contributed by atoms with Gasteiger partial charge >= 0.3 is 0 Å². The lowest BCUT2D eigenvalue weighted by Gasteiger charge is -2.13. The van der Waals surface area contributed by atoms with Crippen molar-refractivity contribution in [1.29, 1.82) is 5.26 Å². The molecule has 0 aliphatic carbocycles. The van der Waals surface area contributed by atoms with Gasteiger partial charge in [-0.3, -0.25) is 4.79 Å². The van der Waals surface area contributed by atoms with E-state index in [2.05, 4.69) is 10.4 Å². The topological polar surface area (TPSA) is 110 Å². The number of aromatic nitrogens is 2. The van der Waals surface area contributed by atoms with E-state index < -0.39 is 0 Å². The molecule has 3 N–H and O–H groups in total. The fraction of sp³-hybridized carbons (Fsp3) is 0.211. The van der Waals surface area contributed by atoms with Gasteiger partial charge in [-0.05, 0) is 51.1 Å². The summed E-state index contributed by atoms with van der Waals surface area (Å²) >= 11 is 0. The molecule has 1 unspecified atom stereocenters. The first-order valence-electron chi connectivity index (χ1n) is 8.12. The van der Waals surface area contributed by atoms with Gasteiger partial charge in [0.1, 0.15) is 29.0 Å². The zero-order valence-corrected chi connectivity index (χ0v) is 14.8. The van der Waals surface area contributed by atoms with Crippen molar-refractivity contribution in [2.75, 3.05) is 5.73 Å². The number of hydrogen-bond donors (Lipinski definition) is 2. The van der Waals surface area contributed by atoms with Crippen molar-refractivity contribution in [2.24, 2.45) is 0 Å². The van der Waals surface area contributed by atoms with Crippen molar-refractivity contribution in [1.82, 2.24) is 15.1 Å². The average molecular weight is 349 g/mol. The van der Waals surface area contributed by atoms with E-state index >= 15 is 0 Å². The SMILES string of the molecule is Cc1cc(C(C)NC(=O)c2ccc(-n3ncc(C#N)c3N)cc2)c(C)o1. The first kappa shape index (κ1) is 17.3. The number of nitrogens with zero attached hydrogens (tertiary/aromatic N) is 3. The zero-order valence-electron chi connectivity index (χ0n) is 14.8. The Kier molecular flexibility index (Phi) is 4.50. The molecule has 0 spiro atoms. The molecule has 2 heterocycles. The number of benzene rings is 1. The normalized spacial score (nSPS) is 11.8. The Morgan fingerprint density at radius 3 is 2.58 bits per heavy atom. The number of hydrogen-bond acceptors (Lipinski definition) is 5. The number of rotatable bonds is 4. The smallest absolute Gasteiger partial charge is 0.251 e. The lowest BCUT2D eigenvalue weighted by atomic mass is 10.1. The predicted octanol–water partition coefficient (Wildman–Crippen LogP) is 3.03. The van der Waals surface area contributed by atoms with Crippen LogP contribution in [0.15, 0.2) is 40.9 Å². The van der Waals surface area contributed by atoms with Crippen LogP contribution < -0.4 is 11.1 Å². The molecule has 1 aromatic carbocycles. The van der Waals surface area contributed by atoms with Gasteiger partial charge in [0.25, 0.3) is 5.91 Å². The van der Waals surface area contributed by atoms with Gasteiger partial charge in [-0.2, -0.15) is 10.4 Å². The largest absolute Gasteiger partial charge is 0.466 e. The Labute approximate surface area is 151 Å². The highest BCUT2D eigenvalue weighted by atomic mass is 16.3. The molecule has 26 heavy (non-hydrogen) atoms. The van der Waals surface area contributed by atoms with Crippen LogP contribution in [-0.2, 0) is 0 Å². The molecular formula is C19H19N5O2. The van der Waals surface area contributed by atoms with Crippen LogP contribution in [0.3, 0.4) is 0 Å². The summed E-state index contributed by atoms with van der Waals surface area (Å²) in [6.45, 7) is 5.67. The molecule has 3 rings (SSSR count). The first-order chi connectivity index (χ1) is 12.4. The van der Waals surface area contributed by atoms with Crippen LogP contribution in [0.2, 0.25) is 0 Å². The van der Waals surface area contributed by atoms with E-state index in [0.29, 0.717) is 16.8 Å². The van der Waals surface area contributed by atoms with Gasteiger partial charge in [-0.25, -0.2) is 4.68 Å². The second-order valence-corrected chi connectivity index (χ2v) is 6.08. The third-order valence-electron chi connectivity index (χ3n) is 4.19. The second kappa shape index (κ2) is 6.76. The Morgan fingerprint density at radius 1 is 1.35 bits per heavy atom. The Morgan fingerprint density at radius 2 is 2.04 bits per heavy atom. The lowest BCUT2D eigenvalue weighted by molar-refractivity contribution is 0.0939. The molecule has 1 atom stereocenters. The van der Waals surface area contributed by atoms with Gasteiger partial charge in [0, 0.05) is 11.1 Å². The van der Waals surface area contributed by atoms with Gasteiger partial charge < -0.3 is 15.5 Å². The van der Waals surface area contributed by atoms with Crippen molar-refractivity contribution in [3.05, 3.63) is 64.7 Å². The summed E-state index contributed by atoms with van der Waals surface area (Å²) in [4.78, 5) is 12.5. The van der Waals surface area contributed by atoms with Crippen molar-refractivity contribution in [3.8, 4) is 11.8 Å². The Hall–Kier alpha value is -3.53. The Balaban J connectivity index is 1.76. The molecule has 0 radical (unpaired) electrons. The molecule has 7 heteroatoms. The molecule has 0 aliphatic heterocycles. The molecule has 0 saturated heterocycles. The van der Waals surface area contributed by atoms with E-state index in [9.17, 15) is 4.79 Å². The van der Waals surface area contributed by atoms with Crippen LogP contribution in [0, 0.1) is 25.2 Å². The van der Waals surface area contributed by atoms with E-state index in [1.165, 1.54) is 10.9 Å². The van der Waals surface area contributed by atoms with E-state index in [-0.39, 0.29) is 17.8 Å². The lowest BCUT2D eigenvalue weighted by Crippen LogP contribution is -2.26. The van der Waals surface area contributed by atoms with Crippen LogP contribution in [0.5, 0.6) is 0 Å². The summed E-state index contributed by atoms with van der Waals surface area (Å²) in [5, 5.41) is 16.0. The highest BCUT2D eigenvalue weighted by Crippen LogP contribution is 2.22. The minimum Gasteiger partial charge on any atom is -0.466 e. The first-order valence-corrected chi connectivity index (χ1v) is 8.12. The number of nitrogens with two attached hydrogens (primary N) is 1.